The van der Waals surface area contributed by atoms with E-state index in [-0.39, 0.29) is 0 Å². The predicted molar refractivity (Wildman–Crippen MR) is 91.9 cm³/mol. The summed E-state index contributed by atoms with van der Waals surface area (Å²) in [5, 5.41) is 0. The Labute approximate surface area is 138 Å². The number of ether oxygens (including phenoxy) is 1. The van der Waals surface area contributed by atoms with Crippen LogP contribution in [0.1, 0.15) is 0 Å². The number of nitrogens with zero attached hydrogens (tertiary/aromatic N) is 1. The van der Waals surface area contributed by atoms with Crippen molar-refractivity contribution in [2.75, 3.05) is 4.90 Å². The minimum absolute atomic E-state index is 0.476. The van der Waals surface area contributed by atoms with Gasteiger partial charge in [0.25, 0.3) is 6.47 Å². The molecule has 3 aromatic rings. The van der Waals surface area contributed by atoms with Crippen LogP contribution >= 0.6 is 11.8 Å². The smallest absolute Gasteiger partial charge is 0.298 e. The lowest BCUT2D eigenvalue weighted by Crippen LogP contribution is -2.15. The van der Waals surface area contributed by atoms with Crippen molar-refractivity contribution in [3.05, 3.63) is 72.8 Å². The maximum atomic E-state index is 10.8. The van der Waals surface area contributed by atoms with Crippen LogP contribution in [0.4, 0.5) is 17.1 Å². The molecule has 4 rings (SSSR count). The predicted octanol–water partition coefficient (Wildman–Crippen LogP) is 5.16. The lowest BCUT2D eigenvalue weighted by Gasteiger charge is -2.33. The minimum atomic E-state index is 0.476. The van der Waals surface area contributed by atoms with E-state index in [1.807, 2.05) is 48.5 Å². The molecule has 0 spiro atoms. The summed E-state index contributed by atoms with van der Waals surface area (Å²) in [4.78, 5) is 15.1. The zero-order chi connectivity index (χ0) is 15.6. The molecule has 0 atom stereocenters. The minimum Gasteiger partial charge on any atom is -0.427 e. The van der Waals surface area contributed by atoms with E-state index in [0.717, 1.165) is 26.9 Å². The summed E-state index contributed by atoms with van der Waals surface area (Å²) in [5.41, 5.74) is 3.21. The van der Waals surface area contributed by atoms with Gasteiger partial charge in [-0.15, -0.1) is 0 Å². The molecule has 23 heavy (non-hydrogen) atoms. The third-order valence-electron chi connectivity index (χ3n) is 3.71. The highest BCUT2D eigenvalue weighted by molar-refractivity contribution is 7.99. The highest BCUT2D eigenvalue weighted by Crippen LogP contribution is 2.54. The van der Waals surface area contributed by atoms with Gasteiger partial charge < -0.3 is 9.64 Å². The number of anilines is 3. The van der Waals surface area contributed by atoms with Gasteiger partial charge in [-0.25, -0.2) is 0 Å². The van der Waals surface area contributed by atoms with E-state index in [0.29, 0.717) is 12.2 Å². The lowest BCUT2D eigenvalue weighted by molar-refractivity contribution is -0.120. The second-order valence-corrected chi connectivity index (χ2v) is 6.11. The van der Waals surface area contributed by atoms with E-state index < -0.39 is 0 Å². The van der Waals surface area contributed by atoms with E-state index in [4.69, 9.17) is 4.74 Å². The number of para-hydroxylation sites is 2. The summed E-state index contributed by atoms with van der Waals surface area (Å²) >= 11 is 1.62. The number of carbonyl (C=O) groups is 1. The third kappa shape index (κ3) is 2.37. The second-order valence-electron chi connectivity index (χ2n) is 5.06. The molecule has 0 saturated heterocycles. The van der Waals surface area contributed by atoms with E-state index in [1.165, 1.54) is 0 Å². The fourth-order valence-corrected chi connectivity index (χ4v) is 3.86. The van der Waals surface area contributed by atoms with Crippen LogP contribution in [0.25, 0.3) is 0 Å². The van der Waals surface area contributed by atoms with E-state index in [9.17, 15) is 4.79 Å². The van der Waals surface area contributed by atoms with Gasteiger partial charge in [0, 0.05) is 10.6 Å². The van der Waals surface area contributed by atoms with Crippen LogP contribution in [0.3, 0.4) is 0 Å². The van der Waals surface area contributed by atoms with Crippen molar-refractivity contribution in [1.82, 2.24) is 0 Å². The number of hydrogen-bond donors (Lipinski definition) is 0. The molecule has 0 unspecified atom stereocenters. The average Bonchev–Trinajstić information content (AvgIpc) is 2.61. The first-order valence-electron chi connectivity index (χ1n) is 7.24. The van der Waals surface area contributed by atoms with Crippen molar-refractivity contribution in [3.63, 3.8) is 0 Å². The zero-order valence-corrected chi connectivity index (χ0v) is 13.0. The van der Waals surface area contributed by atoms with E-state index >= 15 is 0 Å². The molecule has 0 radical (unpaired) electrons. The van der Waals surface area contributed by atoms with Crippen LogP contribution in [0.15, 0.2) is 82.6 Å². The Bertz CT molecular complexity index is 864. The molecule has 0 saturated carbocycles. The van der Waals surface area contributed by atoms with E-state index in [1.54, 1.807) is 11.8 Å². The largest absolute Gasteiger partial charge is 0.427 e. The van der Waals surface area contributed by atoms with Gasteiger partial charge in [0.1, 0.15) is 5.75 Å². The van der Waals surface area contributed by atoms with Crippen LogP contribution in [0, 0.1) is 0 Å². The van der Waals surface area contributed by atoms with Crippen molar-refractivity contribution in [2.24, 2.45) is 0 Å². The molecule has 1 aliphatic heterocycles. The molecule has 1 heterocycles. The maximum Gasteiger partial charge on any atom is 0.298 e. The van der Waals surface area contributed by atoms with Crippen LogP contribution in [-0.2, 0) is 4.79 Å². The molecule has 0 amide bonds. The van der Waals surface area contributed by atoms with Crippen molar-refractivity contribution in [1.29, 1.82) is 0 Å². The van der Waals surface area contributed by atoms with Gasteiger partial charge in [0.05, 0.1) is 16.3 Å². The summed E-state index contributed by atoms with van der Waals surface area (Å²) < 4.78 is 5.18. The van der Waals surface area contributed by atoms with Gasteiger partial charge in [-0.2, -0.15) is 0 Å². The fraction of sp³-hybridized carbons (Fsp3) is 0. The summed E-state index contributed by atoms with van der Waals surface area (Å²) in [6.07, 6.45) is 0. The fourth-order valence-electron chi connectivity index (χ4n) is 2.75. The Morgan fingerprint density at radius 2 is 1.57 bits per heavy atom. The molecule has 3 nitrogen and oxygen atoms in total. The molecule has 0 aromatic heterocycles. The highest BCUT2D eigenvalue weighted by atomic mass is 32.2. The topological polar surface area (TPSA) is 29.5 Å². The highest BCUT2D eigenvalue weighted by Gasteiger charge is 2.26. The number of rotatable bonds is 3. The summed E-state index contributed by atoms with van der Waals surface area (Å²) in [7, 11) is 0. The monoisotopic (exact) mass is 319 g/mol. The summed E-state index contributed by atoms with van der Waals surface area (Å²) in [6.45, 7) is 0.476. The molecule has 112 valence electrons. The number of benzene rings is 3. The number of carbonyl (C=O) groups excluding carboxylic acids is 1. The van der Waals surface area contributed by atoms with Gasteiger partial charge in [-0.1, -0.05) is 48.2 Å². The Balaban J connectivity index is 1.96. The molecule has 0 bridgehead atoms. The Morgan fingerprint density at radius 1 is 0.826 bits per heavy atom. The zero-order valence-electron chi connectivity index (χ0n) is 12.2. The molecular weight excluding hydrogens is 306 g/mol. The van der Waals surface area contributed by atoms with E-state index in [2.05, 4.69) is 29.2 Å². The van der Waals surface area contributed by atoms with Crippen LogP contribution < -0.4 is 9.64 Å². The number of fused-ring (bicyclic) bond motifs is 2. The first-order chi connectivity index (χ1) is 11.4. The SMILES string of the molecule is O=COc1cccc2c1Sc1ccccc1N2c1ccccc1. The lowest BCUT2D eigenvalue weighted by atomic mass is 10.1. The first kappa shape index (κ1) is 13.9. The van der Waals surface area contributed by atoms with Crippen LogP contribution in [0.2, 0.25) is 0 Å². The quantitative estimate of drug-likeness (QED) is 0.488. The normalized spacial score (nSPS) is 12.3. The maximum absolute atomic E-state index is 10.8. The average molecular weight is 319 g/mol. The van der Waals surface area contributed by atoms with Gasteiger partial charge in [-0.05, 0) is 36.4 Å². The van der Waals surface area contributed by atoms with Crippen molar-refractivity contribution in [2.45, 2.75) is 9.79 Å². The number of hydrogen-bond acceptors (Lipinski definition) is 4. The Hall–Kier alpha value is -2.72. The first-order valence-corrected chi connectivity index (χ1v) is 8.05. The third-order valence-corrected chi connectivity index (χ3v) is 4.89. The Morgan fingerprint density at radius 3 is 2.39 bits per heavy atom. The van der Waals surface area contributed by atoms with Gasteiger partial charge in [0.15, 0.2) is 0 Å². The molecule has 1 aliphatic rings. The molecule has 0 fully saturated rings. The van der Waals surface area contributed by atoms with Crippen molar-refractivity contribution < 1.29 is 9.53 Å². The summed E-state index contributed by atoms with van der Waals surface area (Å²) in [6, 6.07) is 24.2. The molecule has 0 N–H and O–H groups in total. The van der Waals surface area contributed by atoms with Gasteiger partial charge in [0.2, 0.25) is 0 Å². The molecule has 4 heteroatoms. The van der Waals surface area contributed by atoms with Crippen LogP contribution in [0.5, 0.6) is 5.75 Å². The Kier molecular flexibility index (Phi) is 3.52. The molecule has 0 aliphatic carbocycles. The van der Waals surface area contributed by atoms with Crippen molar-refractivity contribution in [3.8, 4) is 5.75 Å². The summed E-state index contributed by atoms with van der Waals surface area (Å²) in [5.74, 6) is 0.581. The molecular formula is C19H13NO2S. The van der Waals surface area contributed by atoms with Crippen LogP contribution in [-0.4, -0.2) is 6.47 Å². The second kappa shape index (κ2) is 5.82. The van der Waals surface area contributed by atoms with Crippen molar-refractivity contribution >= 4 is 35.3 Å². The standard InChI is InChI=1S/C19H13NO2S/c21-13-22-17-11-6-10-16-19(17)23-18-12-5-4-9-15(18)20(16)14-7-2-1-3-8-14/h1-13H. The van der Waals surface area contributed by atoms with Gasteiger partial charge >= 0.3 is 0 Å². The molecule has 3 aromatic carbocycles. The van der Waals surface area contributed by atoms with Gasteiger partial charge in [-0.3, -0.25) is 4.79 Å².